The van der Waals surface area contributed by atoms with Gasteiger partial charge < -0.3 is 14.9 Å². The molecule has 0 atom stereocenters. The van der Waals surface area contributed by atoms with Crippen LogP contribution in [0.5, 0.6) is 5.75 Å². The molecule has 0 aliphatic carbocycles. The minimum atomic E-state index is -0.524. The minimum Gasteiger partial charge on any atom is -0.481 e. The second-order valence-electron chi connectivity index (χ2n) is 4.82. The van der Waals surface area contributed by atoms with Crippen molar-refractivity contribution in [3.63, 3.8) is 0 Å². The molecule has 0 fully saturated rings. The fraction of sp³-hybridized carbons (Fsp3) is 0.267. The lowest BCUT2D eigenvalue weighted by atomic mass is 10.1. The summed E-state index contributed by atoms with van der Waals surface area (Å²) in [7, 11) is 0. The Morgan fingerprint density at radius 2 is 1.80 bits per heavy atom. The van der Waals surface area contributed by atoms with Crippen molar-refractivity contribution in [2.24, 2.45) is 0 Å². The molecule has 0 unspecified atom stereocenters. The highest BCUT2D eigenvalue weighted by Gasteiger charge is 2.17. The zero-order valence-electron chi connectivity index (χ0n) is 11.7. The molecule has 5 nitrogen and oxygen atoms in total. The Morgan fingerprint density at radius 3 is 2.40 bits per heavy atom. The zero-order chi connectivity index (χ0) is 14.7. The van der Waals surface area contributed by atoms with Crippen LogP contribution in [0, 0.1) is 30.9 Å². The van der Waals surface area contributed by atoms with Crippen molar-refractivity contribution in [2.45, 2.75) is 27.4 Å². The average Bonchev–Trinajstić information content (AvgIpc) is 2.36. The average molecular weight is 272 g/mol. The standard InChI is InChI=1S/C15H16N2O3/c1-10-6-11(2)8-13(7-10)9-20-14-5-4-12(3)16-15(14)17(18)19/h4-8H,9H2,1-3H3. The third-order valence-electron chi connectivity index (χ3n) is 2.83. The van der Waals surface area contributed by atoms with Crippen LogP contribution in [0.1, 0.15) is 22.4 Å². The fourth-order valence-electron chi connectivity index (χ4n) is 2.09. The zero-order valence-corrected chi connectivity index (χ0v) is 11.7. The molecule has 0 saturated heterocycles. The number of benzene rings is 1. The van der Waals surface area contributed by atoms with Gasteiger partial charge in [0.05, 0.1) is 0 Å². The van der Waals surface area contributed by atoms with Crippen LogP contribution in [0.15, 0.2) is 30.3 Å². The van der Waals surface area contributed by atoms with Crippen LogP contribution < -0.4 is 4.74 Å². The number of nitro groups is 1. The van der Waals surface area contributed by atoms with Gasteiger partial charge in [-0.2, -0.15) is 0 Å². The molecule has 0 spiro atoms. The second kappa shape index (κ2) is 5.69. The number of nitrogens with zero attached hydrogens (tertiary/aromatic N) is 2. The summed E-state index contributed by atoms with van der Waals surface area (Å²) in [6.45, 7) is 6.01. The monoisotopic (exact) mass is 272 g/mol. The molecule has 2 aromatic rings. The summed E-state index contributed by atoms with van der Waals surface area (Å²) in [4.78, 5) is 14.3. The first kappa shape index (κ1) is 14.0. The highest BCUT2D eigenvalue weighted by Crippen LogP contribution is 2.25. The molecule has 20 heavy (non-hydrogen) atoms. The van der Waals surface area contributed by atoms with Gasteiger partial charge >= 0.3 is 5.82 Å². The van der Waals surface area contributed by atoms with E-state index in [0.717, 1.165) is 16.7 Å². The lowest BCUT2D eigenvalue weighted by molar-refractivity contribution is -0.390. The molecule has 0 radical (unpaired) electrons. The van der Waals surface area contributed by atoms with Gasteiger partial charge in [-0.15, -0.1) is 0 Å². The lowest BCUT2D eigenvalue weighted by Crippen LogP contribution is -2.02. The van der Waals surface area contributed by atoms with E-state index in [1.54, 1.807) is 19.1 Å². The maximum absolute atomic E-state index is 11.0. The van der Waals surface area contributed by atoms with Crippen LogP contribution in [-0.2, 0) is 6.61 Å². The first-order valence-corrected chi connectivity index (χ1v) is 6.28. The quantitative estimate of drug-likeness (QED) is 0.631. The fourth-order valence-corrected chi connectivity index (χ4v) is 2.09. The van der Waals surface area contributed by atoms with Crippen LogP contribution in [0.25, 0.3) is 0 Å². The smallest absolute Gasteiger partial charge is 0.406 e. The maximum atomic E-state index is 11.0. The van der Waals surface area contributed by atoms with E-state index in [0.29, 0.717) is 5.69 Å². The molecule has 104 valence electrons. The molecule has 0 aliphatic heterocycles. The summed E-state index contributed by atoms with van der Waals surface area (Å²) in [5.74, 6) is -0.0471. The van der Waals surface area contributed by atoms with Gasteiger partial charge in [0.15, 0.2) is 0 Å². The third kappa shape index (κ3) is 3.32. The van der Waals surface area contributed by atoms with Crippen LogP contribution in [0.2, 0.25) is 0 Å². The Hall–Kier alpha value is -2.43. The van der Waals surface area contributed by atoms with Crippen LogP contribution in [0.3, 0.4) is 0 Å². The van der Waals surface area contributed by atoms with Gasteiger partial charge in [0.2, 0.25) is 5.75 Å². The van der Waals surface area contributed by atoms with Crippen molar-refractivity contribution in [3.05, 3.63) is 62.8 Å². The van der Waals surface area contributed by atoms with Crippen molar-refractivity contribution in [1.82, 2.24) is 4.98 Å². The summed E-state index contributed by atoms with van der Waals surface area (Å²) < 4.78 is 5.55. The molecule has 2 rings (SSSR count). The predicted molar refractivity (Wildman–Crippen MR) is 75.9 cm³/mol. The van der Waals surface area contributed by atoms with Crippen molar-refractivity contribution in [2.75, 3.05) is 0 Å². The summed E-state index contributed by atoms with van der Waals surface area (Å²) in [6, 6.07) is 9.35. The summed E-state index contributed by atoms with van der Waals surface area (Å²) in [5.41, 5.74) is 3.85. The number of aryl methyl sites for hydroxylation is 3. The van der Waals surface area contributed by atoms with E-state index in [-0.39, 0.29) is 18.2 Å². The molecule has 1 aromatic heterocycles. The molecule has 0 bridgehead atoms. The Bertz CT molecular complexity index is 633. The predicted octanol–water partition coefficient (Wildman–Crippen LogP) is 3.49. The van der Waals surface area contributed by atoms with E-state index in [1.165, 1.54) is 0 Å². The van der Waals surface area contributed by atoms with E-state index in [2.05, 4.69) is 11.1 Å². The van der Waals surface area contributed by atoms with Crippen molar-refractivity contribution in [3.8, 4) is 5.75 Å². The number of hydrogen-bond donors (Lipinski definition) is 0. The van der Waals surface area contributed by atoms with Gasteiger partial charge in [-0.1, -0.05) is 29.3 Å². The SMILES string of the molecule is Cc1cc(C)cc(COc2ccc(C)nc2[N+](=O)[O-])c1. The number of aromatic nitrogens is 1. The van der Waals surface area contributed by atoms with Gasteiger partial charge in [-0.05, 0) is 41.5 Å². The van der Waals surface area contributed by atoms with Crippen LogP contribution in [-0.4, -0.2) is 9.91 Å². The van der Waals surface area contributed by atoms with Crippen LogP contribution >= 0.6 is 0 Å². The molecule has 5 heteroatoms. The van der Waals surface area contributed by atoms with Crippen LogP contribution in [0.4, 0.5) is 5.82 Å². The van der Waals surface area contributed by atoms with Crippen molar-refractivity contribution in [1.29, 1.82) is 0 Å². The van der Waals surface area contributed by atoms with Gasteiger partial charge in [-0.25, -0.2) is 0 Å². The highest BCUT2D eigenvalue weighted by molar-refractivity contribution is 5.40. The maximum Gasteiger partial charge on any atom is 0.406 e. The molecule has 1 heterocycles. The lowest BCUT2D eigenvalue weighted by Gasteiger charge is -2.08. The Kier molecular flexibility index (Phi) is 3.98. The van der Waals surface area contributed by atoms with Gasteiger partial charge in [0, 0.05) is 6.92 Å². The topological polar surface area (TPSA) is 65.3 Å². The van der Waals surface area contributed by atoms with Crippen molar-refractivity contribution < 1.29 is 9.66 Å². The molecule has 0 saturated carbocycles. The van der Waals surface area contributed by atoms with Crippen molar-refractivity contribution >= 4 is 5.82 Å². The van der Waals surface area contributed by atoms with Gasteiger partial charge in [0.1, 0.15) is 12.3 Å². The number of ether oxygens (including phenoxy) is 1. The Labute approximate surface area is 117 Å². The van der Waals surface area contributed by atoms with E-state index in [9.17, 15) is 10.1 Å². The largest absolute Gasteiger partial charge is 0.481 e. The molecule has 0 aliphatic rings. The number of rotatable bonds is 4. The molecule has 0 amide bonds. The van der Waals surface area contributed by atoms with E-state index >= 15 is 0 Å². The minimum absolute atomic E-state index is 0.194. The Morgan fingerprint density at radius 1 is 1.15 bits per heavy atom. The molecular formula is C15H16N2O3. The molecular weight excluding hydrogens is 256 g/mol. The highest BCUT2D eigenvalue weighted by atomic mass is 16.6. The second-order valence-corrected chi connectivity index (χ2v) is 4.82. The first-order valence-electron chi connectivity index (χ1n) is 6.28. The summed E-state index contributed by atoms with van der Waals surface area (Å²) in [5, 5.41) is 11.0. The normalized spacial score (nSPS) is 10.3. The first-order chi connectivity index (χ1) is 9.45. The summed E-state index contributed by atoms with van der Waals surface area (Å²) in [6.07, 6.45) is 0. The number of pyridine rings is 1. The third-order valence-corrected chi connectivity index (χ3v) is 2.83. The van der Waals surface area contributed by atoms with E-state index in [4.69, 9.17) is 4.74 Å². The molecule has 0 N–H and O–H groups in total. The Balaban J connectivity index is 2.20. The summed E-state index contributed by atoms with van der Waals surface area (Å²) >= 11 is 0. The van der Waals surface area contributed by atoms with Gasteiger partial charge in [-0.3, -0.25) is 0 Å². The van der Waals surface area contributed by atoms with E-state index in [1.807, 2.05) is 26.0 Å². The van der Waals surface area contributed by atoms with E-state index < -0.39 is 4.92 Å². The van der Waals surface area contributed by atoms with Gasteiger partial charge in [0.25, 0.3) is 0 Å². The number of hydrogen-bond acceptors (Lipinski definition) is 4. The molecule has 1 aromatic carbocycles.